The first-order valence-electron chi connectivity index (χ1n) is 13.7. The summed E-state index contributed by atoms with van der Waals surface area (Å²) in [6.45, 7) is 1.25. The fraction of sp³-hybridized carbons (Fsp3) is 0.206. The van der Waals surface area contributed by atoms with Crippen molar-refractivity contribution >= 4 is 16.9 Å². The van der Waals surface area contributed by atoms with Crippen LogP contribution < -0.4 is 4.74 Å². The summed E-state index contributed by atoms with van der Waals surface area (Å²) in [5, 5.41) is 0.629. The van der Waals surface area contributed by atoms with E-state index in [0.717, 1.165) is 34.5 Å². The van der Waals surface area contributed by atoms with Gasteiger partial charge in [0.15, 0.2) is 11.6 Å². The molecule has 0 bridgehead atoms. The van der Waals surface area contributed by atoms with Crippen LogP contribution in [-0.4, -0.2) is 30.9 Å². The van der Waals surface area contributed by atoms with Crippen LogP contribution in [0, 0.1) is 17.5 Å². The minimum Gasteiger partial charge on any atom is -0.488 e. The van der Waals surface area contributed by atoms with Crippen LogP contribution in [0.15, 0.2) is 84.9 Å². The van der Waals surface area contributed by atoms with Crippen molar-refractivity contribution in [2.45, 2.75) is 25.4 Å². The van der Waals surface area contributed by atoms with Gasteiger partial charge in [-0.2, -0.15) is 0 Å². The van der Waals surface area contributed by atoms with Crippen LogP contribution in [0.1, 0.15) is 40.4 Å². The highest BCUT2D eigenvalue weighted by Crippen LogP contribution is 2.47. The lowest BCUT2D eigenvalue weighted by Gasteiger charge is -2.26. The monoisotopic (exact) mass is 571 g/mol. The van der Waals surface area contributed by atoms with E-state index in [1.54, 1.807) is 16.7 Å². The second-order valence-electron chi connectivity index (χ2n) is 10.2. The minimum atomic E-state index is -1.01. The Morgan fingerprint density at radius 1 is 0.905 bits per heavy atom. The van der Waals surface area contributed by atoms with E-state index in [2.05, 4.69) is 0 Å². The van der Waals surface area contributed by atoms with E-state index in [1.807, 2.05) is 42.5 Å². The van der Waals surface area contributed by atoms with E-state index >= 15 is 4.39 Å². The fourth-order valence-corrected chi connectivity index (χ4v) is 5.66. The minimum absolute atomic E-state index is 0.0421. The molecule has 0 radical (unpaired) electrons. The number of rotatable bonds is 7. The largest absolute Gasteiger partial charge is 0.488 e. The molecule has 1 saturated heterocycles. The van der Waals surface area contributed by atoms with Gasteiger partial charge in [0.2, 0.25) is 0 Å². The van der Waals surface area contributed by atoms with Crippen molar-refractivity contribution in [2.24, 2.45) is 0 Å². The van der Waals surface area contributed by atoms with Crippen molar-refractivity contribution in [2.75, 3.05) is 20.3 Å². The SMILES string of the molecule is COC(=O)c1ccc(-c2c(C3CCOCC3)n(-c3ccc(F)c(F)c3)c3cc(F)cc(OCc4ccccc4)c23)cc1. The molecular weight excluding hydrogens is 543 g/mol. The third kappa shape index (κ3) is 5.25. The summed E-state index contributed by atoms with van der Waals surface area (Å²) < 4.78 is 62.6. The van der Waals surface area contributed by atoms with E-state index in [4.69, 9.17) is 14.2 Å². The summed E-state index contributed by atoms with van der Waals surface area (Å²) in [4.78, 5) is 12.2. The van der Waals surface area contributed by atoms with Gasteiger partial charge in [0.25, 0.3) is 0 Å². The Morgan fingerprint density at radius 2 is 1.64 bits per heavy atom. The third-order valence-corrected chi connectivity index (χ3v) is 7.64. The molecule has 1 fully saturated rings. The first-order valence-corrected chi connectivity index (χ1v) is 13.7. The van der Waals surface area contributed by atoms with Crippen LogP contribution in [0.2, 0.25) is 0 Å². The number of carbonyl (C=O) groups excluding carboxylic acids is 1. The summed E-state index contributed by atoms with van der Waals surface area (Å²) in [6.07, 6.45) is 1.35. The third-order valence-electron chi connectivity index (χ3n) is 7.64. The highest BCUT2D eigenvalue weighted by molar-refractivity contribution is 6.04. The highest BCUT2D eigenvalue weighted by atomic mass is 19.2. The van der Waals surface area contributed by atoms with Gasteiger partial charge in [0.05, 0.1) is 23.6 Å². The molecule has 1 aliphatic rings. The molecule has 5 aromatic rings. The molecule has 42 heavy (non-hydrogen) atoms. The zero-order valence-electron chi connectivity index (χ0n) is 22.9. The Labute approximate surface area is 241 Å². The zero-order valence-corrected chi connectivity index (χ0v) is 22.9. The Balaban J connectivity index is 1.65. The maximum Gasteiger partial charge on any atom is 0.337 e. The van der Waals surface area contributed by atoms with Crippen LogP contribution in [0.4, 0.5) is 13.2 Å². The number of benzene rings is 4. The lowest BCUT2D eigenvalue weighted by atomic mass is 9.89. The van der Waals surface area contributed by atoms with Gasteiger partial charge in [-0.1, -0.05) is 42.5 Å². The molecule has 0 spiro atoms. The molecule has 4 aromatic carbocycles. The summed E-state index contributed by atoms with van der Waals surface area (Å²) in [5.74, 6) is -2.70. The van der Waals surface area contributed by atoms with Gasteiger partial charge in [-0.25, -0.2) is 18.0 Å². The van der Waals surface area contributed by atoms with Crippen molar-refractivity contribution in [1.82, 2.24) is 4.57 Å². The normalized spacial score (nSPS) is 13.8. The zero-order chi connectivity index (χ0) is 29.2. The van der Waals surface area contributed by atoms with Crippen molar-refractivity contribution < 1.29 is 32.2 Å². The molecule has 0 N–H and O–H groups in total. The molecule has 0 aliphatic carbocycles. The maximum absolute atomic E-state index is 15.3. The smallest absolute Gasteiger partial charge is 0.337 e. The van der Waals surface area contributed by atoms with Crippen LogP contribution in [-0.2, 0) is 16.1 Å². The Morgan fingerprint density at radius 3 is 2.33 bits per heavy atom. The molecule has 6 rings (SSSR count). The van der Waals surface area contributed by atoms with Crippen molar-refractivity contribution in [1.29, 1.82) is 0 Å². The van der Waals surface area contributed by atoms with Crippen molar-refractivity contribution in [3.8, 4) is 22.6 Å². The number of nitrogens with zero attached hydrogens (tertiary/aromatic N) is 1. The standard InChI is InChI=1S/C34H28F3NO4/c1-40-34(39)24-9-7-22(8-10-24)31-32-29(17-25(35)18-30(32)42-20-21-5-3-2-4-6-21)38(26-11-12-27(36)28(37)19-26)33(31)23-13-15-41-16-14-23/h2-12,17-19,23H,13-16,20H2,1H3. The Hall–Kier alpha value is -4.56. The quantitative estimate of drug-likeness (QED) is 0.186. The van der Waals surface area contributed by atoms with Crippen LogP contribution in [0.5, 0.6) is 5.75 Å². The first-order chi connectivity index (χ1) is 20.4. The second-order valence-corrected chi connectivity index (χ2v) is 10.2. The predicted octanol–water partition coefficient (Wildman–Crippen LogP) is 7.97. The van der Waals surface area contributed by atoms with Gasteiger partial charge in [-0.15, -0.1) is 0 Å². The highest BCUT2D eigenvalue weighted by Gasteiger charge is 2.30. The van der Waals surface area contributed by atoms with Crippen molar-refractivity contribution in [3.05, 3.63) is 119 Å². The number of ether oxygens (including phenoxy) is 3. The molecule has 0 amide bonds. The molecule has 8 heteroatoms. The van der Waals surface area contributed by atoms with Gasteiger partial charge in [-0.05, 0) is 54.3 Å². The molecule has 1 aromatic heterocycles. The predicted molar refractivity (Wildman–Crippen MR) is 153 cm³/mol. The second kappa shape index (κ2) is 11.7. The van der Waals surface area contributed by atoms with Gasteiger partial charge < -0.3 is 18.8 Å². The summed E-state index contributed by atoms with van der Waals surface area (Å²) >= 11 is 0. The number of halogens is 3. The van der Waals surface area contributed by atoms with E-state index in [-0.39, 0.29) is 12.5 Å². The maximum atomic E-state index is 15.3. The Kier molecular flexibility index (Phi) is 7.71. The van der Waals surface area contributed by atoms with Gasteiger partial charge in [0, 0.05) is 48.2 Å². The molecule has 0 saturated carbocycles. The summed E-state index contributed by atoms with van der Waals surface area (Å²) in [6, 6.07) is 22.9. The molecular formula is C34H28F3NO4. The number of hydrogen-bond acceptors (Lipinski definition) is 4. The average Bonchev–Trinajstić information content (AvgIpc) is 3.36. The van der Waals surface area contributed by atoms with Crippen LogP contribution in [0.25, 0.3) is 27.7 Å². The molecule has 0 atom stereocenters. The summed E-state index contributed by atoms with van der Waals surface area (Å²) in [7, 11) is 1.32. The average molecular weight is 572 g/mol. The van der Waals surface area contributed by atoms with Gasteiger partial charge in [0.1, 0.15) is 18.2 Å². The van der Waals surface area contributed by atoms with Crippen molar-refractivity contribution in [3.63, 3.8) is 0 Å². The number of esters is 1. The molecule has 1 aliphatic heterocycles. The topological polar surface area (TPSA) is 49.7 Å². The number of fused-ring (bicyclic) bond motifs is 1. The number of hydrogen-bond donors (Lipinski definition) is 0. The molecule has 214 valence electrons. The fourth-order valence-electron chi connectivity index (χ4n) is 5.66. The molecule has 0 unspecified atom stereocenters. The number of aromatic nitrogens is 1. The van der Waals surface area contributed by atoms with Gasteiger partial charge >= 0.3 is 5.97 Å². The first kappa shape index (κ1) is 27.6. The summed E-state index contributed by atoms with van der Waals surface area (Å²) in [5.41, 5.74) is 4.43. The van der Waals surface area contributed by atoms with E-state index in [9.17, 15) is 13.6 Å². The lowest BCUT2D eigenvalue weighted by Crippen LogP contribution is -2.17. The number of methoxy groups -OCH3 is 1. The van der Waals surface area contributed by atoms with E-state index in [0.29, 0.717) is 54.0 Å². The Bertz CT molecular complexity index is 1740. The van der Waals surface area contributed by atoms with Gasteiger partial charge in [-0.3, -0.25) is 0 Å². The van der Waals surface area contributed by atoms with E-state index < -0.39 is 23.4 Å². The van der Waals surface area contributed by atoms with Crippen LogP contribution in [0.3, 0.4) is 0 Å². The number of carbonyl (C=O) groups is 1. The van der Waals surface area contributed by atoms with Crippen LogP contribution >= 0.6 is 0 Å². The molecule has 5 nitrogen and oxygen atoms in total. The lowest BCUT2D eigenvalue weighted by molar-refractivity contribution is 0.0600. The molecule has 2 heterocycles. The van der Waals surface area contributed by atoms with E-state index in [1.165, 1.54) is 25.3 Å².